The van der Waals surface area contributed by atoms with Crippen LogP contribution in [0.3, 0.4) is 0 Å². The van der Waals surface area contributed by atoms with Gasteiger partial charge >= 0.3 is 5.56 Å². The minimum atomic E-state index is -0.0323. The largest absolute Gasteiger partial charge is 0.344 e. The Labute approximate surface area is 184 Å². The van der Waals surface area contributed by atoms with Crippen molar-refractivity contribution in [3.05, 3.63) is 94.2 Å². The van der Waals surface area contributed by atoms with Gasteiger partial charge < -0.3 is 0 Å². The van der Waals surface area contributed by atoms with E-state index in [1.165, 1.54) is 4.70 Å². The molecule has 5 nitrogen and oxygen atoms in total. The predicted octanol–water partition coefficient (Wildman–Crippen LogP) is 4.65. The lowest BCUT2D eigenvalue weighted by atomic mass is 10.1. The third kappa shape index (κ3) is 3.11. The maximum atomic E-state index is 13.5. The molecule has 0 bridgehead atoms. The van der Waals surface area contributed by atoms with Gasteiger partial charge in [-0.25, -0.2) is 9.67 Å². The van der Waals surface area contributed by atoms with Crippen LogP contribution in [-0.4, -0.2) is 14.3 Å². The highest BCUT2D eigenvalue weighted by molar-refractivity contribution is 7.21. The van der Waals surface area contributed by atoms with Crippen LogP contribution in [0.1, 0.15) is 17.1 Å². The van der Waals surface area contributed by atoms with Crippen molar-refractivity contribution >= 4 is 21.6 Å². The van der Waals surface area contributed by atoms with Gasteiger partial charge in [-0.2, -0.15) is 4.57 Å². The first-order valence-corrected chi connectivity index (χ1v) is 11.0. The van der Waals surface area contributed by atoms with Crippen molar-refractivity contribution in [1.29, 1.82) is 0 Å². The molecule has 0 amide bonds. The van der Waals surface area contributed by atoms with E-state index >= 15 is 0 Å². The Kier molecular flexibility index (Phi) is 4.59. The number of aryl methyl sites for hydroxylation is 2. The van der Waals surface area contributed by atoms with Crippen molar-refractivity contribution in [3.8, 4) is 21.9 Å². The Morgan fingerprint density at radius 2 is 1.55 bits per heavy atom. The number of benzene rings is 2. The molecule has 0 saturated heterocycles. The Hall–Kier alpha value is -3.51. The molecule has 0 aliphatic heterocycles. The summed E-state index contributed by atoms with van der Waals surface area (Å²) in [5, 5.41) is 0.992. The molecule has 31 heavy (non-hydrogen) atoms. The molecule has 0 saturated carbocycles. The third-order valence-electron chi connectivity index (χ3n) is 5.72. The number of thiazole rings is 1. The zero-order valence-corrected chi connectivity index (χ0v) is 18.8. The summed E-state index contributed by atoms with van der Waals surface area (Å²) < 4.78 is 6.86. The number of pyridine rings is 1. The molecule has 5 rings (SSSR count). The van der Waals surface area contributed by atoms with Gasteiger partial charge in [-0.15, -0.1) is 11.3 Å². The highest BCUT2D eigenvalue weighted by Crippen LogP contribution is 2.30. The third-order valence-corrected chi connectivity index (χ3v) is 6.81. The molecule has 2 aromatic carbocycles. The lowest BCUT2D eigenvalue weighted by Crippen LogP contribution is -2.43. The number of fused-ring (bicyclic) bond motifs is 1. The zero-order valence-electron chi connectivity index (χ0n) is 18.0. The van der Waals surface area contributed by atoms with Gasteiger partial charge in [-0.05, 0) is 31.2 Å². The van der Waals surface area contributed by atoms with Crippen LogP contribution in [0.2, 0.25) is 0 Å². The maximum absolute atomic E-state index is 13.5. The van der Waals surface area contributed by atoms with Gasteiger partial charge in [0.05, 0.1) is 15.9 Å². The van der Waals surface area contributed by atoms with E-state index in [1.54, 1.807) is 16.0 Å². The van der Waals surface area contributed by atoms with Crippen LogP contribution in [0.25, 0.3) is 32.2 Å². The monoisotopic (exact) mass is 427 g/mol. The second-order valence-corrected chi connectivity index (χ2v) is 8.79. The van der Waals surface area contributed by atoms with E-state index in [9.17, 15) is 4.79 Å². The van der Waals surface area contributed by atoms with E-state index in [4.69, 9.17) is 4.98 Å². The summed E-state index contributed by atoms with van der Waals surface area (Å²) in [5.74, 6) is 0. The SMILES string of the molecule is Cc1c(-[n+]2c(C)cc(-c3nc4ccccc4s3)cc2C)c(=O)n(-c2ccccc2)n1C. The van der Waals surface area contributed by atoms with Crippen LogP contribution < -0.4 is 10.1 Å². The minimum Gasteiger partial charge on any atom is -0.278 e. The van der Waals surface area contributed by atoms with Crippen molar-refractivity contribution < 1.29 is 4.57 Å². The van der Waals surface area contributed by atoms with Gasteiger partial charge in [-0.1, -0.05) is 30.3 Å². The summed E-state index contributed by atoms with van der Waals surface area (Å²) in [6, 6.07) is 22.2. The lowest BCUT2D eigenvalue weighted by Gasteiger charge is -2.06. The number of hydrogen-bond acceptors (Lipinski definition) is 3. The second kappa shape index (κ2) is 7.32. The van der Waals surface area contributed by atoms with E-state index in [-0.39, 0.29) is 5.56 Å². The van der Waals surface area contributed by atoms with Crippen LogP contribution in [0.15, 0.2) is 71.5 Å². The molecule has 3 heterocycles. The molecule has 6 heteroatoms. The van der Waals surface area contributed by atoms with E-state index in [0.29, 0.717) is 5.69 Å². The molecule has 5 aromatic rings. The normalized spacial score (nSPS) is 11.4. The van der Waals surface area contributed by atoms with E-state index < -0.39 is 0 Å². The molecule has 154 valence electrons. The van der Waals surface area contributed by atoms with Crippen LogP contribution >= 0.6 is 11.3 Å². The highest BCUT2D eigenvalue weighted by atomic mass is 32.1. The summed E-state index contributed by atoms with van der Waals surface area (Å²) in [4.78, 5) is 18.3. The van der Waals surface area contributed by atoms with Crippen molar-refractivity contribution in [2.75, 3.05) is 0 Å². The van der Waals surface area contributed by atoms with Gasteiger partial charge in [0.1, 0.15) is 10.7 Å². The lowest BCUT2D eigenvalue weighted by molar-refractivity contribution is -0.610. The standard InChI is InChI=1S/C25H23N4OS/c1-16-14-19(24-26-21-12-8-9-13-22(21)31-24)15-17(2)28(16)23-18(3)27(4)29(25(23)30)20-10-6-5-7-11-20/h5-15H,1-4H3/q+1. The molecule has 0 aliphatic carbocycles. The molecule has 3 aromatic heterocycles. The Morgan fingerprint density at radius 1 is 0.903 bits per heavy atom. The Bertz CT molecular complexity index is 1440. The number of nitrogens with zero attached hydrogens (tertiary/aromatic N) is 4. The number of rotatable bonds is 3. The topological polar surface area (TPSA) is 43.7 Å². The predicted molar refractivity (Wildman–Crippen MR) is 125 cm³/mol. The van der Waals surface area contributed by atoms with Crippen molar-refractivity contribution in [3.63, 3.8) is 0 Å². The number of para-hydroxylation sites is 2. The van der Waals surface area contributed by atoms with E-state index in [1.807, 2.05) is 85.6 Å². The first-order valence-electron chi connectivity index (χ1n) is 10.2. The Balaban J connectivity index is 1.68. The first-order chi connectivity index (χ1) is 15.0. The maximum Gasteiger partial charge on any atom is 0.344 e. The van der Waals surface area contributed by atoms with Crippen LogP contribution in [0, 0.1) is 20.8 Å². The van der Waals surface area contributed by atoms with Crippen LogP contribution in [0.5, 0.6) is 0 Å². The average Bonchev–Trinajstić information content (AvgIpc) is 3.29. The quantitative estimate of drug-likeness (QED) is 0.393. The summed E-state index contributed by atoms with van der Waals surface area (Å²) in [7, 11) is 1.92. The molecule has 0 radical (unpaired) electrons. The van der Waals surface area contributed by atoms with E-state index in [2.05, 4.69) is 18.2 Å². The molecular weight excluding hydrogens is 404 g/mol. The Morgan fingerprint density at radius 3 is 2.23 bits per heavy atom. The molecule has 0 N–H and O–H groups in total. The first kappa shape index (κ1) is 19.5. The molecule has 0 atom stereocenters. The fourth-order valence-corrected chi connectivity index (χ4v) is 5.14. The van der Waals surface area contributed by atoms with Gasteiger partial charge in [0.15, 0.2) is 11.4 Å². The van der Waals surface area contributed by atoms with Crippen molar-refractivity contribution in [2.45, 2.75) is 20.8 Å². The summed E-state index contributed by atoms with van der Waals surface area (Å²) >= 11 is 1.69. The van der Waals surface area contributed by atoms with Gasteiger partial charge in [-0.3, -0.25) is 9.48 Å². The van der Waals surface area contributed by atoms with Crippen LogP contribution in [0.4, 0.5) is 0 Å². The van der Waals surface area contributed by atoms with Gasteiger partial charge in [0.25, 0.3) is 5.69 Å². The fraction of sp³-hybridized carbons (Fsp3) is 0.160. The molecule has 0 fully saturated rings. The fourth-order valence-electron chi connectivity index (χ4n) is 4.18. The number of aromatic nitrogens is 4. The highest BCUT2D eigenvalue weighted by Gasteiger charge is 2.28. The van der Waals surface area contributed by atoms with Crippen molar-refractivity contribution in [1.82, 2.24) is 14.3 Å². The second-order valence-electron chi connectivity index (χ2n) is 7.76. The summed E-state index contributed by atoms with van der Waals surface area (Å²) in [5.41, 5.74) is 6.50. The molecule has 0 unspecified atom stereocenters. The van der Waals surface area contributed by atoms with Gasteiger partial charge in [0.2, 0.25) is 0 Å². The molecule has 0 spiro atoms. The smallest absolute Gasteiger partial charge is 0.278 e. The molecular formula is C25H23N4OS+. The number of hydrogen-bond donors (Lipinski definition) is 0. The van der Waals surface area contributed by atoms with Crippen molar-refractivity contribution in [2.24, 2.45) is 7.05 Å². The average molecular weight is 428 g/mol. The summed E-state index contributed by atoms with van der Waals surface area (Å²) in [6.07, 6.45) is 0. The van der Waals surface area contributed by atoms with Gasteiger partial charge in [0, 0.05) is 38.6 Å². The zero-order chi connectivity index (χ0) is 21.7. The van der Waals surface area contributed by atoms with E-state index in [0.717, 1.165) is 38.9 Å². The van der Waals surface area contributed by atoms with Crippen LogP contribution in [-0.2, 0) is 7.05 Å². The molecule has 0 aliphatic rings. The summed E-state index contributed by atoms with van der Waals surface area (Å²) in [6.45, 7) is 6.08. The minimum absolute atomic E-state index is 0.0323.